The number of nitrogens with one attached hydrogen (secondary N) is 1. The minimum atomic E-state index is -4.66. The zero-order chi connectivity index (χ0) is 19.8. The quantitative estimate of drug-likeness (QED) is 0.665. The molecule has 0 aliphatic heterocycles. The van der Waals surface area contributed by atoms with Crippen LogP contribution >= 0.6 is 15.9 Å². The normalized spacial score (nSPS) is 11.6. The largest absolute Gasteiger partial charge is 0.436 e. The van der Waals surface area contributed by atoms with Crippen LogP contribution in [0.15, 0.2) is 41.0 Å². The maximum absolute atomic E-state index is 12.9. The number of carbonyl (C=O) groups excluding carboxylic acids is 1. The average molecular weight is 442 g/mol. The zero-order valence-corrected chi connectivity index (χ0v) is 16.0. The number of halogens is 4. The van der Waals surface area contributed by atoms with Crippen LogP contribution in [0.2, 0.25) is 0 Å². The van der Waals surface area contributed by atoms with E-state index in [0.717, 1.165) is 15.8 Å². The lowest BCUT2D eigenvalue weighted by Gasteiger charge is -2.05. The van der Waals surface area contributed by atoms with Crippen LogP contribution in [0.3, 0.4) is 0 Å². The standard InChI is InChI=1S/C17H15BrF3N5O/c1-10-4-3-5-11(8-10)9-26-7-6-12(23-26)22-16(27)14-13(18)15(17(19,20)21)24-25(14)2/h3-8H,9H2,1-2H3,(H,22,23,27). The van der Waals surface area contributed by atoms with Gasteiger partial charge in [0.15, 0.2) is 11.5 Å². The van der Waals surface area contributed by atoms with Crippen molar-refractivity contribution in [3.05, 3.63) is 63.5 Å². The number of benzene rings is 1. The van der Waals surface area contributed by atoms with Crippen molar-refractivity contribution < 1.29 is 18.0 Å². The van der Waals surface area contributed by atoms with Gasteiger partial charge >= 0.3 is 6.18 Å². The maximum Gasteiger partial charge on any atom is 0.436 e. The molecule has 0 spiro atoms. The van der Waals surface area contributed by atoms with Crippen LogP contribution in [0.1, 0.15) is 27.3 Å². The summed E-state index contributed by atoms with van der Waals surface area (Å²) in [5.41, 5.74) is 0.769. The monoisotopic (exact) mass is 441 g/mol. The average Bonchev–Trinajstić information content (AvgIpc) is 3.10. The van der Waals surface area contributed by atoms with E-state index < -0.39 is 22.3 Å². The molecular weight excluding hydrogens is 427 g/mol. The van der Waals surface area contributed by atoms with Crippen LogP contribution in [0.5, 0.6) is 0 Å². The molecule has 0 saturated carbocycles. The second-order valence-corrected chi connectivity index (χ2v) is 6.77. The van der Waals surface area contributed by atoms with E-state index in [1.165, 1.54) is 7.05 Å². The molecular formula is C17H15BrF3N5O. The van der Waals surface area contributed by atoms with Gasteiger partial charge in [-0.3, -0.25) is 14.2 Å². The molecule has 0 radical (unpaired) electrons. The molecule has 3 aromatic rings. The maximum atomic E-state index is 12.9. The summed E-state index contributed by atoms with van der Waals surface area (Å²) in [5.74, 6) is -0.512. The number of aryl methyl sites for hydroxylation is 2. The fourth-order valence-corrected chi connectivity index (χ4v) is 3.36. The summed E-state index contributed by atoms with van der Waals surface area (Å²) in [7, 11) is 1.27. The molecule has 0 bridgehead atoms. The van der Waals surface area contributed by atoms with Crippen molar-refractivity contribution in [3.63, 3.8) is 0 Å². The van der Waals surface area contributed by atoms with Crippen LogP contribution in [0, 0.1) is 6.92 Å². The summed E-state index contributed by atoms with van der Waals surface area (Å²) < 4.78 is 40.9. The number of carbonyl (C=O) groups is 1. The second-order valence-electron chi connectivity index (χ2n) is 5.97. The predicted molar refractivity (Wildman–Crippen MR) is 96.4 cm³/mol. The van der Waals surface area contributed by atoms with E-state index in [1.54, 1.807) is 16.9 Å². The fourth-order valence-electron chi connectivity index (χ4n) is 2.62. The van der Waals surface area contributed by atoms with Gasteiger partial charge in [-0.05, 0) is 28.4 Å². The highest BCUT2D eigenvalue weighted by atomic mass is 79.9. The first kappa shape index (κ1) is 19.2. The number of anilines is 1. The predicted octanol–water partition coefficient (Wildman–Crippen LogP) is 4.01. The Morgan fingerprint density at radius 2 is 2.00 bits per heavy atom. The summed E-state index contributed by atoms with van der Waals surface area (Å²) in [4.78, 5) is 12.4. The molecule has 0 atom stereocenters. The van der Waals surface area contributed by atoms with Crippen LogP contribution in [0.4, 0.5) is 19.0 Å². The molecule has 0 fully saturated rings. The van der Waals surface area contributed by atoms with Gasteiger partial charge < -0.3 is 5.32 Å². The number of hydrogen-bond acceptors (Lipinski definition) is 3. The van der Waals surface area contributed by atoms with E-state index in [-0.39, 0.29) is 11.5 Å². The summed E-state index contributed by atoms with van der Waals surface area (Å²) in [6, 6.07) is 9.47. The van der Waals surface area contributed by atoms with Crippen molar-refractivity contribution in [1.29, 1.82) is 0 Å². The number of nitrogens with zero attached hydrogens (tertiary/aromatic N) is 4. The topological polar surface area (TPSA) is 64.7 Å². The summed E-state index contributed by atoms with van der Waals surface area (Å²) in [6.45, 7) is 2.49. The number of hydrogen-bond donors (Lipinski definition) is 1. The van der Waals surface area contributed by atoms with E-state index >= 15 is 0 Å². The molecule has 6 nitrogen and oxygen atoms in total. The third-order valence-electron chi connectivity index (χ3n) is 3.78. The van der Waals surface area contributed by atoms with Crippen molar-refractivity contribution >= 4 is 27.7 Å². The van der Waals surface area contributed by atoms with Gasteiger partial charge in [-0.2, -0.15) is 23.4 Å². The van der Waals surface area contributed by atoms with E-state index in [0.29, 0.717) is 6.54 Å². The van der Waals surface area contributed by atoms with Crippen molar-refractivity contribution in [2.24, 2.45) is 7.05 Å². The van der Waals surface area contributed by atoms with E-state index in [2.05, 4.69) is 31.4 Å². The van der Waals surface area contributed by atoms with Gasteiger partial charge in [0.1, 0.15) is 5.69 Å². The Hall–Kier alpha value is -2.62. The molecule has 0 saturated heterocycles. The van der Waals surface area contributed by atoms with Crippen LogP contribution in [0.25, 0.3) is 0 Å². The fraction of sp³-hybridized carbons (Fsp3) is 0.235. The zero-order valence-electron chi connectivity index (χ0n) is 14.4. The Kier molecular flexibility index (Phi) is 5.09. The highest BCUT2D eigenvalue weighted by Crippen LogP contribution is 2.35. The molecule has 2 heterocycles. The minimum absolute atomic E-state index is 0.231. The number of rotatable bonds is 4. The van der Waals surface area contributed by atoms with Crippen molar-refractivity contribution in [2.75, 3.05) is 5.32 Å². The molecule has 1 N–H and O–H groups in total. The molecule has 0 unspecified atom stereocenters. The van der Waals surface area contributed by atoms with Crippen LogP contribution in [-0.4, -0.2) is 25.5 Å². The first-order chi connectivity index (χ1) is 12.6. The number of alkyl halides is 3. The Morgan fingerprint density at radius 1 is 1.26 bits per heavy atom. The molecule has 2 aromatic heterocycles. The molecule has 3 rings (SSSR count). The smallest absolute Gasteiger partial charge is 0.304 e. The molecule has 10 heteroatoms. The first-order valence-electron chi connectivity index (χ1n) is 7.85. The SMILES string of the molecule is Cc1cccc(Cn2ccc(NC(=O)c3c(Br)c(C(F)(F)F)nn3C)n2)c1. The van der Waals surface area contributed by atoms with Crippen LogP contribution < -0.4 is 5.32 Å². The highest BCUT2D eigenvalue weighted by molar-refractivity contribution is 9.10. The number of amides is 1. The van der Waals surface area contributed by atoms with Crippen LogP contribution in [-0.2, 0) is 19.8 Å². The molecule has 1 amide bonds. The van der Waals surface area contributed by atoms with Gasteiger partial charge in [0, 0.05) is 19.3 Å². The third-order valence-corrected chi connectivity index (χ3v) is 4.53. The lowest BCUT2D eigenvalue weighted by Crippen LogP contribution is -2.17. The van der Waals surface area contributed by atoms with Crippen molar-refractivity contribution in [3.8, 4) is 0 Å². The molecule has 0 aliphatic rings. The van der Waals surface area contributed by atoms with Gasteiger partial charge in [0.2, 0.25) is 0 Å². The molecule has 0 aliphatic carbocycles. The van der Waals surface area contributed by atoms with Gasteiger partial charge in [-0.25, -0.2) is 0 Å². The highest BCUT2D eigenvalue weighted by Gasteiger charge is 2.39. The van der Waals surface area contributed by atoms with E-state index in [1.807, 2.05) is 31.2 Å². The lowest BCUT2D eigenvalue weighted by atomic mass is 10.1. The van der Waals surface area contributed by atoms with Gasteiger partial charge in [-0.15, -0.1) is 0 Å². The summed E-state index contributed by atoms with van der Waals surface area (Å²) >= 11 is 2.82. The van der Waals surface area contributed by atoms with Gasteiger partial charge in [0.25, 0.3) is 5.91 Å². The Labute approximate surface area is 161 Å². The van der Waals surface area contributed by atoms with Crippen molar-refractivity contribution in [1.82, 2.24) is 19.6 Å². The molecule has 142 valence electrons. The Balaban J connectivity index is 1.76. The Morgan fingerprint density at radius 3 is 2.63 bits per heavy atom. The first-order valence-corrected chi connectivity index (χ1v) is 8.64. The third kappa shape index (κ3) is 4.21. The number of aromatic nitrogens is 4. The molecule has 27 heavy (non-hydrogen) atoms. The van der Waals surface area contributed by atoms with Gasteiger partial charge in [0.05, 0.1) is 11.0 Å². The minimum Gasteiger partial charge on any atom is -0.304 e. The van der Waals surface area contributed by atoms with Gasteiger partial charge in [-0.1, -0.05) is 29.8 Å². The second kappa shape index (κ2) is 7.18. The summed E-state index contributed by atoms with van der Waals surface area (Å²) in [5, 5.41) is 10.1. The molecule has 1 aromatic carbocycles. The Bertz CT molecular complexity index is 993. The lowest BCUT2D eigenvalue weighted by molar-refractivity contribution is -0.142. The van der Waals surface area contributed by atoms with Crippen molar-refractivity contribution in [2.45, 2.75) is 19.6 Å². The van der Waals surface area contributed by atoms with E-state index in [9.17, 15) is 18.0 Å². The summed E-state index contributed by atoms with van der Waals surface area (Å²) in [6.07, 6.45) is -2.98. The van der Waals surface area contributed by atoms with E-state index in [4.69, 9.17) is 0 Å².